The zero-order valence-corrected chi connectivity index (χ0v) is 21.8. The Balaban J connectivity index is 1.61. The van der Waals surface area contributed by atoms with E-state index in [2.05, 4.69) is 10.2 Å². The Morgan fingerprint density at radius 1 is 1.16 bits per heavy atom. The van der Waals surface area contributed by atoms with Gasteiger partial charge in [0.2, 0.25) is 0 Å². The Kier molecular flexibility index (Phi) is 8.14. The number of ether oxygens (including phenoxy) is 1. The number of urea groups is 1. The molecule has 0 saturated carbocycles. The summed E-state index contributed by atoms with van der Waals surface area (Å²) in [5.41, 5.74) is 1.57. The number of nitrogens with zero attached hydrogens (tertiary/aromatic N) is 3. The van der Waals surface area contributed by atoms with E-state index in [1.54, 1.807) is 55.3 Å². The number of amides is 3. The summed E-state index contributed by atoms with van der Waals surface area (Å²) in [4.78, 5) is 44.2. The van der Waals surface area contributed by atoms with Gasteiger partial charge in [0.05, 0.1) is 23.8 Å². The van der Waals surface area contributed by atoms with Crippen LogP contribution in [0.2, 0.25) is 5.02 Å². The zero-order chi connectivity index (χ0) is 26.7. The quantitative estimate of drug-likeness (QED) is 0.576. The molecule has 0 spiro atoms. The minimum absolute atomic E-state index is 0.0446. The molecule has 37 heavy (non-hydrogen) atoms. The van der Waals surface area contributed by atoms with Crippen LogP contribution in [0, 0.1) is 5.82 Å². The standard InChI is InChI=1S/C27H30ClFN4O4/c1-4-37-26(35)23-22(31(3)27(36)30-24(23)18-8-7-9-19(28)14-18)16-32-12-13-33(17(2)15-32)25(34)20-10-5-6-11-21(20)29/h5-11,14,17,24H,4,12-13,15-16H2,1-3H3,(H,30,36)/t17-,24-/m1/s1. The molecule has 2 heterocycles. The van der Waals surface area contributed by atoms with Crippen LogP contribution >= 0.6 is 11.6 Å². The maximum Gasteiger partial charge on any atom is 0.338 e. The molecule has 196 valence electrons. The van der Waals surface area contributed by atoms with Gasteiger partial charge >= 0.3 is 12.0 Å². The van der Waals surface area contributed by atoms with Crippen molar-refractivity contribution in [2.24, 2.45) is 0 Å². The summed E-state index contributed by atoms with van der Waals surface area (Å²) in [6.07, 6.45) is 0. The highest BCUT2D eigenvalue weighted by Gasteiger charge is 2.38. The highest BCUT2D eigenvalue weighted by molar-refractivity contribution is 6.30. The molecule has 2 aliphatic rings. The normalized spacial score (nSPS) is 20.6. The maximum absolute atomic E-state index is 14.2. The Morgan fingerprint density at radius 3 is 2.59 bits per heavy atom. The van der Waals surface area contributed by atoms with E-state index in [9.17, 15) is 18.8 Å². The first-order valence-electron chi connectivity index (χ1n) is 12.2. The fourth-order valence-corrected chi connectivity index (χ4v) is 5.01. The average Bonchev–Trinajstić information content (AvgIpc) is 2.86. The summed E-state index contributed by atoms with van der Waals surface area (Å²) in [6.45, 7) is 5.45. The van der Waals surface area contributed by atoms with Crippen molar-refractivity contribution in [3.63, 3.8) is 0 Å². The highest BCUT2D eigenvalue weighted by Crippen LogP contribution is 2.33. The van der Waals surface area contributed by atoms with Gasteiger partial charge in [0.1, 0.15) is 5.82 Å². The van der Waals surface area contributed by atoms with Crippen LogP contribution in [0.1, 0.15) is 35.8 Å². The van der Waals surface area contributed by atoms with Crippen LogP contribution < -0.4 is 5.32 Å². The lowest BCUT2D eigenvalue weighted by molar-refractivity contribution is -0.139. The van der Waals surface area contributed by atoms with Crippen molar-refractivity contribution in [3.05, 3.63) is 81.8 Å². The summed E-state index contributed by atoms with van der Waals surface area (Å²) >= 11 is 6.20. The summed E-state index contributed by atoms with van der Waals surface area (Å²) in [5.74, 6) is -1.42. The van der Waals surface area contributed by atoms with Gasteiger partial charge in [-0.3, -0.25) is 14.6 Å². The molecule has 0 aliphatic carbocycles. The van der Waals surface area contributed by atoms with Gasteiger partial charge in [-0.25, -0.2) is 14.0 Å². The number of hydrogen-bond donors (Lipinski definition) is 1. The molecule has 8 nitrogen and oxygen atoms in total. The molecule has 0 aromatic heterocycles. The Labute approximate surface area is 220 Å². The van der Waals surface area contributed by atoms with Gasteiger partial charge in [0.15, 0.2) is 0 Å². The predicted octanol–water partition coefficient (Wildman–Crippen LogP) is 3.84. The van der Waals surface area contributed by atoms with E-state index in [4.69, 9.17) is 16.3 Å². The number of hydrogen-bond acceptors (Lipinski definition) is 5. The van der Waals surface area contributed by atoms with E-state index in [1.807, 2.05) is 6.92 Å². The number of carbonyl (C=O) groups is 3. The van der Waals surface area contributed by atoms with Crippen molar-refractivity contribution >= 4 is 29.5 Å². The third-order valence-corrected chi connectivity index (χ3v) is 6.94. The smallest absolute Gasteiger partial charge is 0.338 e. The molecule has 2 aromatic carbocycles. The zero-order valence-electron chi connectivity index (χ0n) is 21.0. The van der Waals surface area contributed by atoms with Crippen molar-refractivity contribution in [1.82, 2.24) is 20.0 Å². The van der Waals surface area contributed by atoms with Crippen molar-refractivity contribution in [2.75, 3.05) is 39.8 Å². The lowest BCUT2D eigenvalue weighted by Crippen LogP contribution is -2.56. The van der Waals surface area contributed by atoms with Gasteiger partial charge in [-0.15, -0.1) is 0 Å². The van der Waals surface area contributed by atoms with Crippen LogP contribution in [-0.2, 0) is 9.53 Å². The molecule has 2 aromatic rings. The number of nitrogens with one attached hydrogen (secondary N) is 1. The van der Waals surface area contributed by atoms with E-state index in [0.29, 0.717) is 48.0 Å². The number of carbonyl (C=O) groups excluding carboxylic acids is 3. The van der Waals surface area contributed by atoms with Crippen LogP contribution in [0.5, 0.6) is 0 Å². The average molecular weight is 529 g/mol. The molecule has 3 amide bonds. The van der Waals surface area contributed by atoms with Gasteiger partial charge in [-0.1, -0.05) is 35.9 Å². The molecular weight excluding hydrogens is 499 g/mol. The van der Waals surface area contributed by atoms with Crippen LogP contribution in [0.25, 0.3) is 0 Å². The second kappa shape index (κ2) is 11.3. The Bertz CT molecular complexity index is 1240. The second-order valence-corrected chi connectivity index (χ2v) is 9.58. The molecule has 2 atom stereocenters. The number of rotatable bonds is 6. The maximum atomic E-state index is 14.2. The summed E-state index contributed by atoms with van der Waals surface area (Å²) in [6, 6.07) is 11.7. The fraction of sp³-hybridized carbons (Fsp3) is 0.370. The molecule has 2 aliphatic heterocycles. The summed E-state index contributed by atoms with van der Waals surface area (Å²) < 4.78 is 19.6. The molecule has 1 fully saturated rings. The molecule has 0 bridgehead atoms. The Hall–Kier alpha value is -3.43. The van der Waals surface area contributed by atoms with Crippen LogP contribution in [0.4, 0.5) is 9.18 Å². The largest absolute Gasteiger partial charge is 0.463 e. The summed E-state index contributed by atoms with van der Waals surface area (Å²) in [7, 11) is 1.61. The number of benzene rings is 2. The van der Waals surface area contributed by atoms with Gasteiger partial charge in [-0.2, -0.15) is 0 Å². The van der Waals surface area contributed by atoms with Crippen molar-refractivity contribution in [2.45, 2.75) is 25.9 Å². The van der Waals surface area contributed by atoms with Gasteiger partial charge in [0, 0.05) is 50.0 Å². The number of esters is 1. The molecule has 0 unspecified atom stereocenters. The molecule has 1 saturated heterocycles. The minimum Gasteiger partial charge on any atom is -0.463 e. The van der Waals surface area contributed by atoms with E-state index in [0.717, 1.165) is 0 Å². The fourth-order valence-electron chi connectivity index (χ4n) is 4.81. The lowest BCUT2D eigenvalue weighted by Gasteiger charge is -2.42. The number of piperazine rings is 1. The first kappa shape index (κ1) is 26.6. The molecular formula is C27H30ClFN4O4. The van der Waals surface area contributed by atoms with Crippen molar-refractivity contribution in [3.8, 4) is 0 Å². The van der Waals surface area contributed by atoms with Gasteiger partial charge in [-0.05, 0) is 43.7 Å². The summed E-state index contributed by atoms with van der Waals surface area (Å²) in [5, 5.41) is 3.37. The topological polar surface area (TPSA) is 82.2 Å². The first-order chi connectivity index (χ1) is 17.7. The van der Waals surface area contributed by atoms with Crippen LogP contribution in [0.15, 0.2) is 59.8 Å². The highest BCUT2D eigenvalue weighted by atomic mass is 35.5. The molecule has 1 N–H and O–H groups in total. The van der Waals surface area contributed by atoms with Crippen molar-refractivity contribution < 1.29 is 23.5 Å². The van der Waals surface area contributed by atoms with Crippen LogP contribution in [-0.4, -0.2) is 78.5 Å². The van der Waals surface area contributed by atoms with Gasteiger partial charge in [0.25, 0.3) is 5.91 Å². The third-order valence-electron chi connectivity index (χ3n) is 6.70. The van der Waals surface area contributed by atoms with Gasteiger partial charge < -0.3 is 15.0 Å². The first-order valence-corrected chi connectivity index (χ1v) is 12.6. The molecule has 10 heteroatoms. The molecule has 0 radical (unpaired) electrons. The Morgan fingerprint density at radius 2 is 1.92 bits per heavy atom. The minimum atomic E-state index is -0.724. The predicted molar refractivity (Wildman–Crippen MR) is 137 cm³/mol. The third kappa shape index (κ3) is 5.62. The van der Waals surface area contributed by atoms with E-state index >= 15 is 0 Å². The monoisotopic (exact) mass is 528 g/mol. The van der Waals surface area contributed by atoms with Crippen LogP contribution in [0.3, 0.4) is 0 Å². The van der Waals surface area contributed by atoms with E-state index < -0.39 is 17.8 Å². The van der Waals surface area contributed by atoms with E-state index in [1.165, 1.54) is 17.0 Å². The number of likely N-dealkylation sites (N-methyl/N-ethyl adjacent to an activating group) is 1. The lowest BCUT2D eigenvalue weighted by atomic mass is 9.94. The van der Waals surface area contributed by atoms with Crippen molar-refractivity contribution in [1.29, 1.82) is 0 Å². The number of halogens is 2. The van der Waals surface area contributed by atoms with E-state index in [-0.39, 0.29) is 30.2 Å². The SMILES string of the molecule is CCOC(=O)C1=C(CN2CCN(C(=O)c3ccccc3F)[C@H](C)C2)N(C)C(=O)N[C@@H]1c1cccc(Cl)c1. The molecule has 4 rings (SSSR count). The second-order valence-electron chi connectivity index (χ2n) is 9.14.